The van der Waals surface area contributed by atoms with Gasteiger partial charge in [-0.05, 0) is 13.3 Å². The molecule has 0 rings (SSSR count). The van der Waals surface area contributed by atoms with Gasteiger partial charge in [0.2, 0.25) is 0 Å². The number of hydrogen-bond donors (Lipinski definition) is 0. The van der Waals surface area contributed by atoms with E-state index < -0.39 is 7.14 Å². The Kier molecular flexibility index (Phi) is 5.67. The monoisotopic (exact) mass is 138 g/mol. The van der Waals surface area contributed by atoms with E-state index in [1.54, 1.807) is 20.4 Å². The minimum Gasteiger partial charge on any atom is -0.377 e. The van der Waals surface area contributed by atoms with Crippen LogP contribution in [0.5, 0.6) is 0 Å². The summed E-state index contributed by atoms with van der Waals surface area (Å²) in [7, 11) is -0.333. The Bertz CT molecular complexity index is 84.4. The quantitative estimate of drug-likeness (QED) is 0.544. The second-order valence-corrected chi connectivity index (χ2v) is 5.40. The van der Waals surface area contributed by atoms with E-state index in [4.69, 9.17) is 0 Å². The highest BCUT2D eigenvalue weighted by molar-refractivity contribution is 7.62. The molecule has 0 amide bonds. The van der Waals surface area contributed by atoms with Crippen LogP contribution >= 0.6 is 7.14 Å². The molecule has 0 N–H and O–H groups in total. The summed E-state index contributed by atoms with van der Waals surface area (Å²) in [6.45, 7) is 3.41. The molecule has 0 radical (unpaired) electrons. The van der Waals surface area contributed by atoms with E-state index in [0.29, 0.717) is 6.35 Å². The van der Waals surface area contributed by atoms with Gasteiger partial charge in [0.05, 0.1) is 6.35 Å². The predicted molar refractivity (Wildman–Crippen MR) is 38.1 cm³/mol. The minimum atomic E-state index is -1.89. The summed E-state index contributed by atoms with van der Waals surface area (Å²) in [6, 6.07) is 0. The molecule has 0 heterocycles. The van der Waals surface area contributed by atoms with Crippen LogP contribution in [0, 0.1) is 0 Å². The molecule has 0 aliphatic carbocycles. The zero-order chi connectivity index (χ0) is 5.91. The molecule has 0 saturated carbocycles. The Morgan fingerprint density at radius 1 is 1.50 bits per heavy atom. The molecule has 0 aliphatic rings. The lowest BCUT2D eigenvalue weighted by Gasteiger charge is -2.01. The van der Waals surface area contributed by atoms with Gasteiger partial charge >= 0.3 is 0 Å². The molecule has 0 saturated heterocycles. The average molecular weight is 138 g/mol. The summed E-state index contributed by atoms with van der Waals surface area (Å²) in [5, 5.41) is 0. The first-order valence-corrected chi connectivity index (χ1v) is 4.88. The third kappa shape index (κ3) is 9.50. The van der Waals surface area contributed by atoms with Crippen molar-refractivity contribution >= 4 is 7.14 Å². The van der Waals surface area contributed by atoms with E-state index in [9.17, 15) is 4.57 Å². The summed E-state index contributed by atoms with van der Waals surface area (Å²) < 4.78 is 15.3. The molecule has 0 atom stereocenters. The third-order valence-electron chi connectivity index (χ3n) is 0.440. The zero-order valence-corrected chi connectivity index (χ0v) is 5.87. The van der Waals surface area contributed by atoms with Crippen molar-refractivity contribution in [1.29, 1.82) is 0 Å². The molecule has 0 aliphatic heterocycles. The summed E-state index contributed by atoms with van der Waals surface area (Å²) >= 11 is 0. The Balaban J connectivity index is 0. The highest BCUT2D eigenvalue weighted by Crippen LogP contribution is 2.34. The predicted octanol–water partition coefficient (Wildman–Crippen LogP) is 1.85. The summed E-state index contributed by atoms with van der Waals surface area (Å²) in [5.74, 6) is 0. The van der Waals surface area contributed by atoms with Crippen molar-refractivity contribution in [1.82, 2.24) is 0 Å². The van der Waals surface area contributed by atoms with Crippen molar-refractivity contribution in [2.75, 3.05) is 26.8 Å². The van der Waals surface area contributed by atoms with Crippen LogP contribution in [-0.4, -0.2) is 26.8 Å². The Morgan fingerprint density at radius 3 is 1.88 bits per heavy atom. The zero-order valence-electron chi connectivity index (χ0n) is 4.97. The minimum absolute atomic E-state index is 0. The van der Waals surface area contributed by atoms with Crippen molar-refractivity contribution in [2.45, 2.75) is 7.43 Å². The van der Waals surface area contributed by atoms with E-state index >= 15 is 0 Å². The van der Waals surface area contributed by atoms with Gasteiger partial charge in [0.15, 0.2) is 0 Å². The van der Waals surface area contributed by atoms with E-state index in [1.165, 1.54) is 0 Å². The maximum atomic E-state index is 10.7. The second-order valence-electron chi connectivity index (χ2n) is 1.99. The standard InChI is InChI=1S/C4H11O2P.CH4/c1-6-4-7(2,3)5;/h4H2,1-3H3;1H4. The molecule has 0 bridgehead atoms. The van der Waals surface area contributed by atoms with Crippen molar-refractivity contribution in [3.8, 4) is 0 Å². The Hall–Kier alpha value is 0.190. The molecule has 0 aromatic carbocycles. The van der Waals surface area contributed by atoms with Crippen LogP contribution in [0.15, 0.2) is 0 Å². The fraction of sp³-hybridized carbons (Fsp3) is 1.00. The topological polar surface area (TPSA) is 26.3 Å². The van der Waals surface area contributed by atoms with Gasteiger partial charge in [-0.1, -0.05) is 7.43 Å². The maximum absolute atomic E-state index is 10.7. The van der Waals surface area contributed by atoms with E-state index in [2.05, 4.69) is 4.74 Å². The fourth-order valence-corrected chi connectivity index (χ4v) is 0.933. The Labute approximate surface area is 51.6 Å². The highest BCUT2D eigenvalue weighted by atomic mass is 31.2. The average Bonchev–Trinajstić information content (AvgIpc) is 1.30. The van der Waals surface area contributed by atoms with Crippen LogP contribution in [-0.2, 0) is 9.30 Å². The van der Waals surface area contributed by atoms with Gasteiger partial charge in [-0.15, -0.1) is 0 Å². The molecule has 0 aromatic rings. The molecule has 0 spiro atoms. The van der Waals surface area contributed by atoms with Gasteiger partial charge in [-0.3, -0.25) is 0 Å². The molecular formula is C5H15O2P. The SMILES string of the molecule is C.COCP(C)(C)=O. The Morgan fingerprint density at radius 2 is 1.88 bits per heavy atom. The van der Waals surface area contributed by atoms with Gasteiger partial charge in [-0.2, -0.15) is 0 Å². The maximum Gasteiger partial charge on any atom is 0.106 e. The van der Waals surface area contributed by atoms with Crippen molar-refractivity contribution in [2.24, 2.45) is 0 Å². The smallest absolute Gasteiger partial charge is 0.106 e. The first-order chi connectivity index (χ1) is 3.06. The molecule has 2 nitrogen and oxygen atoms in total. The van der Waals surface area contributed by atoms with Crippen LogP contribution in [0.4, 0.5) is 0 Å². The number of rotatable bonds is 2. The first kappa shape index (κ1) is 11.0. The van der Waals surface area contributed by atoms with Crippen LogP contribution < -0.4 is 0 Å². The summed E-state index contributed by atoms with van der Waals surface area (Å²) in [4.78, 5) is 0. The lowest BCUT2D eigenvalue weighted by molar-refractivity contribution is 0.250. The number of ether oxygens (including phenoxy) is 1. The van der Waals surface area contributed by atoms with Crippen molar-refractivity contribution in [3.05, 3.63) is 0 Å². The van der Waals surface area contributed by atoms with Crippen LogP contribution in [0.2, 0.25) is 0 Å². The molecular weight excluding hydrogens is 123 g/mol. The first-order valence-electron chi connectivity index (χ1n) is 2.09. The second kappa shape index (κ2) is 4.11. The van der Waals surface area contributed by atoms with E-state index in [1.807, 2.05) is 0 Å². The van der Waals surface area contributed by atoms with Gasteiger partial charge in [0.1, 0.15) is 7.14 Å². The van der Waals surface area contributed by atoms with E-state index in [0.717, 1.165) is 0 Å². The lowest BCUT2D eigenvalue weighted by Crippen LogP contribution is -1.86. The van der Waals surface area contributed by atoms with Gasteiger partial charge in [0, 0.05) is 7.11 Å². The van der Waals surface area contributed by atoms with Gasteiger partial charge < -0.3 is 9.30 Å². The molecule has 0 unspecified atom stereocenters. The molecule has 52 valence electrons. The largest absolute Gasteiger partial charge is 0.377 e. The van der Waals surface area contributed by atoms with Crippen molar-refractivity contribution < 1.29 is 9.30 Å². The highest BCUT2D eigenvalue weighted by Gasteiger charge is 2.02. The van der Waals surface area contributed by atoms with Gasteiger partial charge in [0.25, 0.3) is 0 Å². The molecule has 3 heteroatoms. The number of hydrogen-bond acceptors (Lipinski definition) is 2. The van der Waals surface area contributed by atoms with Crippen molar-refractivity contribution in [3.63, 3.8) is 0 Å². The van der Waals surface area contributed by atoms with Crippen LogP contribution in [0.25, 0.3) is 0 Å². The van der Waals surface area contributed by atoms with Crippen LogP contribution in [0.3, 0.4) is 0 Å². The molecule has 0 fully saturated rings. The summed E-state index contributed by atoms with van der Waals surface area (Å²) in [6.07, 6.45) is 0.396. The third-order valence-corrected chi connectivity index (χ3v) is 1.32. The van der Waals surface area contributed by atoms with Crippen LogP contribution in [0.1, 0.15) is 7.43 Å². The number of methoxy groups -OCH3 is 1. The molecule has 0 aromatic heterocycles. The lowest BCUT2D eigenvalue weighted by atomic mass is 11.5. The molecule has 8 heavy (non-hydrogen) atoms. The normalized spacial score (nSPS) is 10.4. The summed E-state index contributed by atoms with van der Waals surface area (Å²) in [5.41, 5.74) is 0. The van der Waals surface area contributed by atoms with E-state index in [-0.39, 0.29) is 7.43 Å². The van der Waals surface area contributed by atoms with Gasteiger partial charge in [-0.25, -0.2) is 0 Å². The fourth-order valence-electron chi connectivity index (χ4n) is 0.311.